The lowest BCUT2D eigenvalue weighted by atomic mass is 10.1. The molecule has 2 aromatic rings. The molecular formula is C23H25NO4S2. The monoisotopic (exact) mass is 443 g/mol. The first-order valence-electron chi connectivity index (χ1n) is 9.74. The van der Waals surface area contributed by atoms with E-state index in [9.17, 15) is 4.79 Å². The minimum Gasteiger partial charge on any atom is -0.497 e. The summed E-state index contributed by atoms with van der Waals surface area (Å²) in [5, 5.41) is 0. The average molecular weight is 444 g/mol. The van der Waals surface area contributed by atoms with Crippen molar-refractivity contribution < 1.29 is 19.0 Å². The molecule has 1 aliphatic rings. The number of benzene rings is 2. The molecule has 0 spiro atoms. The van der Waals surface area contributed by atoms with Crippen molar-refractivity contribution in [3.63, 3.8) is 0 Å². The summed E-state index contributed by atoms with van der Waals surface area (Å²) >= 11 is 6.77. The summed E-state index contributed by atoms with van der Waals surface area (Å²) in [7, 11) is 3.25. The van der Waals surface area contributed by atoms with Crippen molar-refractivity contribution in [2.75, 3.05) is 27.4 Å². The third-order valence-electron chi connectivity index (χ3n) is 4.60. The maximum Gasteiger partial charge on any atom is 0.266 e. The van der Waals surface area contributed by atoms with Crippen LogP contribution in [-0.4, -0.2) is 42.5 Å². The highest BCUT2D eigenvalue weighted by Crippen LogP contribution is 2.35. The molecule has 5 nitrogen and oxygen atoms in total. The first kappa shape index (κ1) is 22.2. The molecule has 0 atom stereocenters. The maximum absolute atomic E-state index is 12.9. The molecule has 158 valence electrons. The Morgan fingerprint density at radius 3 is 2.50 bits per heavy atom. The first-order valence-corrected chi connectivity index (χ1v) is 11.0. The van der Waals surface area contributed by atoms with Gasteiger partial charge in [0.1, 0.15) is 10.1 Å². The van der Waals surface area contributed by atoms with Crippen molar-refractivity contribution >= 4 is 40.3 Å². The molecule has 0 saturated carbocycles. The Labute approximate surface area is 187 Å². The van der Waals surface area contributed by atoms with Gasteiger partial charge in [0.05, 0.1) is 25.7 Å². The Morgan fingerprint density at radius 2 is 1.83 bits per heavy atom. The zero-order chi connectivity index (χ0) is 21.5. The van der Waals surface area contributed by atoms with E-state index < -0.39 is 0 Å². The standard InChI is InChI=1S/C23H25NO4S2/c1-4-13-28-19-10-7-17(14-20(19)27-3)15-21-22(25)24(23(29)30-21)12-11-16-5-8-18(26-2)9-6-16/h5-10,14-15H,4,11-13H2,1-3H3. The van der Waals surface area contributed by atoms with E-state index in [1.54, 1.807) is 19.1 Å². The highest BCUT2D eigenvalue weighted by molar-refractivity contribution is 8.26. The molecule has 1 heterocycles. The molecule has 0 unspecified atom stereocenters. The Hall–Kier alpha value is -2.51. The summed E-state index contributed by atoms with van der Waals surface area (Å²) in [5.41, 5.74) is 1.99. The molecule has 0 aliphatic carbocycles. The fourth-order valence-corrected chi connectivity index (χ4v) is 4.29. The number of amides is 1. The van der Waals surface area contributed by atoms with E-state index in [2.05, 4.69) is 6.92 Å². The summed E-state index contributed by atoms with van der Waals surface area (Å²) < 4.78 is 16.9. The number of rotatable bonds is 9. The van der Waals surface area contributed by atoms with Gasteiger partial charge in [0.25, 0.3) is 5.91 Å². The normalized spacial score (nSPS) is 15.0. The van der Waals surface area contributed by atoms with E-state index in [-0.39, 0.29) is 5.91 Å². The lowest BCUT2D eigenvalue weighted by molar-refractivity contribution is -0.122. The summed E-state index contributed by atoms with van der Waals surface area (Å²) in [6.07, 6.45) is 3.49. The SMILES string of the molecule is CCCOc1ccc(C=C2SC(=S)N(CCc3ccc(OC)cc3)C2=O)cc1OC. The fraction of sp³-hybridized carbons (Fsp3) is 0.304. The predicted molar refractivity (Wildman–Crippen MR) is 125 cm³/mol. The van der Waals surface area contributed by atoms with Gasteiger partial charge in [-0.25, -0.2) is 0 Å². The number of thioether (sulfide) groups is 1. The Bertz CT molecular complexity index is 941. The van der Waals surface area contributed by atoms with Gasteiger partial charge in [-0.05, 0) is 54.3 Å². The molecule has 0 N–H and O–H groups in total. The molecule has 2 aromatic carbocycles. The number of carbonyl (C=O) groups excluding carboxylic acids is 1. The second-order valence-electron chi connectivity index (χ2n) is 6.69. The number of hydrogen-bond acceptors (Lipinski definition) is 6. The van der Waals surface area contributed by atoms with E-state index in [1.165, 1.54) is 11.8 Å². The molecule has 1 amide bonds. The minimum absolute atomic E-state index is 0.0659. The molecule has 30 heavy (non-hydrogen) atoms. The summed E-state index contributed by atoms with van der Waals surface area (Å²) in [4.78, 5) is 15.1. The van der Waals surface area contributed by atoms with Gasteiger partial charge in [-0.1, -0.05) is 49.1 Å². The Kier molecular flexibility index (Phi) is 7.76. The highest BCUT2D eigenvalue weighted by atomic mass is 32.2. The second kappa shape index (κ2) is 10.5. The van der Waals surface area contributed by atoms with Gasteiger partial charge in [-0.15, -0.1) is 0 Å². The smallest absolute Gasteiger partial charge is 0.266 e. The van der Waals surface area contributed by atoms with Crippen LogP contribution in [0.1, 0.15) is 24.5 Å². The quantitative estimate of drug-likeness (QED) is 0.404. The molecule has 1 fully saturated rings. The fourth-order valence-electron chi connectivity index (χ4n) is 2.98. The van der Waals surface area contributed by atoms with Crippen molar-refractivity contribution in [3.05, 3.63) is 58.5 Å². The third kappa shape index (κ3) is 5.34. The molecular weight excluding hydrogens is 418 g/mol. The Morgan fingerprint density at radius 1 is 1.07 bits per heavy atom. The molecule has 0 radical (unpaired) electrons. The maximum atomic E-state index is 12.9. The van der Waals surface area contributed by atoms with Gasteiger partial charge in [-0.2, -0.15) is 0 Å². The van der Waals surface area contributed by atoms with Gasteiger partial charge in [0.2, 0.25) is 0 Å². The number of thiocarbonyl (C=S) groups is 1. The molecule has 7 heteroatoms. The first-order chi connectivity index (χ1) is 14.5. The van der Waals surface area contributed by atoms with Crippen molar-refractivity contribution in [1.82, 2.24) is 4.90 Å². The van der Waals surface area contributed by atoms with Gasteiger partial charge in [-0.3, -0.25) is 9.69 Å². The summed E-state index contributed by atoms with van der Waals surface area (Å²) in [6.45, 7) is 3.22. The van der Waals surface area contributed by atoms with Crippen LogP contribution in [0.4, 0.5) is 0 Å². The Balaban J connectivity index is 1.69. The predicted octanol–water partition coefficient (Wildman–Crippen LogP) is 4.94. The van der Waals surface area contributed by atoms with E-state index in [4.69, 9.17) is 26.4 Å². The van der Waals surface area contributed by atoms with Gasteiger partial charge < -0.3 is 14.2 Å². The van der Waals surface area contributed by atoms with Crippen LogP contribution in [-0.2, 0) is 11.2 Å². The number of methoxy groups -OCH3 is 2. The second-order valence-corrected chi connectivity index (χ2v) is 8.37. The van der Waals surface area contributed by atoms with Gasteiger partial charge >= 0.3 is 0 Å². The number of nitrogens with zero attached hydrogens (tertiary/aromatic N) is 1. The molecule has 0 bridgehead atoms. The molecule has 0 aromatic heterocycles. The third-order valence-corrected chi connectivity index (χ3v) is 5.98. The van der Waals surface area contributed by atoms with Crippen LogP contribution < -0.4 is 14.2 Å². The number of ether oxygens (including phenoxy) is 3. The summed E-state index contributed by atoms with van der Waals surface area (Å²) in [5.74, 6) is 2.09. The van der Waals surface area contributed by atoms with Crippen LogP contribution in [0.5, 0.6) is 17.2 Å². The molecule has 3 rings (SSSR count). The minimum atomic E-state index is -0.0659. The van der Waals surface area contributed by atoms with Gasteiger partial charge in [0.15, 0.2) is 11.5 Å². The van der Waals surface area contributed by atoms with Crippen LogP contribution in [0.3, 0.4) is 0 Å². The summed E-state index contributed by atoms with van der Waals surface area (Å²) in [6, 6.07) is 13.5. The van der Waals surface area contributed by atoms with Crippen molar-refractivity contribution in [3.8, 4) is 17.2 Å². The zero-order valence-corrected chi connectivity index (χ0v) is 19.0. The van der Waals surface area contributed by atoms with Crippen LogP contribution in [0.25, 0.3) is 6.08 Å². The number of carbonyl (C=O) groups is 1. The molecule has 1 saturated heterocycles. The highest BCUT2D eigenvalue weighted by Gasteiger charge is 2.31. The van der Waals surface area contributed by atoms with Crippen LogP contribution in [0.2, 0.25) is 0 Å². The largest absolute Gasteiger partial charge is 0.497 e. The number of hydrogen-bond donors (Lipinski definition) is 0. The van der Waals surface area contributed by atoms with Crippen LogP contribution in [0, 0.1) is 0 Å². The van der Waals surface area contributed by atoms with E-state index in [1.807, 2.05) is 48.5 Å². The van der Waals surface area contributed by atoms with Crippen LogP contribution >= 0.6 is 24.0 Å². The zero-order valence-electron chi connectivity index (χ0n) is 17.3. The van der Waals surface area contributed by atoms with Crippen molar-refractivity contribution in [2.45, 2.75) is 19.8 Å². The van der Waals surface area contributed by atoms with Crippen molar-refractivity contribution in [2.24, 2.45) is 0 Å². The van der Waals surface area contributed by atoms with Gasteiger partial charge in [0, 0.05) is 6.54 Å². The van der Waals surface area contributed by atoms with E-state index >= 15 is 0 Å². The van der Waals surface area contributed by atoms with E-state index in [0.29, 0.717) is 33.9 Å². The van der Waals surface area contributed by atoms with Crippen LogP contribution in [0.15, 0.2) is 47.4 Å². The average Bonchev–Trinajstić information content (AvgIpc) is 3.03. The topological polar surface area (TPSA) is 48.0 Å². The lowest BCUT2D eigenvalue weighted by Gasteiger charge is -2.14. The molecule has 1 aliphatic heterocycles. The van der Waals surface area contributed by atoms with Crippen molar-refractivity contribution in [1.29, 1.82) is 0 Å². The lowest BCUT2D eigenvalue weighted by Crippen LogP contribution is -2.30. The van der Waals surface area contributed by atoms with E-state index in [0.717, 1.165) is 29.7 Å².